The molecule has 330 valence electrons. The zero-order valence-electron chi connectivity index (χ0n) is 39.0. The molecule has 0 fully saturated rings. The molecule has 10 aromatic rings. The molecule has 0 bridgehead atoms. The molecule has 2 heterocycles. The summed E-state index contributed by atoms with van der Waals surface area (Å²) >= 11 is 0. The summed E-state index contributed by atoms with van der Waals surface area (Å²) < 4.78 is 13.1. The second-order valence-corrected chi connectivity index (χ2v) is 20.0. The van der Waals surface area contributed by atoms with E-state index >= 15 is 0 Å². The van der Waals surface area contributed by atoms with Gasteiger partial charge in [0.1, 0.15) is 0 Å². The van der Waals surface area contributed by atoms with Gasteiger partial charge in [-0.25, -0.2) is 0 Å². The van der Waals surface area contributed by atoms with Crippen molar-refractivity contribution in [3.05, 3.63) is 221 Å². The van der Waals surface area contributed by atoms with Gasteiger partial charge in [0, 0.05) is 39.3 Å². The molecule has 1 spiro atoms. The predicted molar refractivity (Wildman–Crippen MR) is 272 cm³/mol. The Labute approximate surface area is 396 Å². The third-order valence-corrected chi connectivity index (χ3v) is 13.8. The van der Waals surface area contributed by atoms with Gasteiger partial charge >= 0.3 is 0 Å². The number of hydrogen-bond donors (Lipinski definition) is 0. The van der Waals surface area contributed by atoms with Crippen molar-refractivity contribution in [1.82, 2.24) is 20.4 Å². The largest absolute Gasteiger partial charge is 0.416 e. The van der Waals surface area contributed by atoms with E-state index in [9.17, 15) is 0 Å². The zero-order valence-corrected chi connectivity index (χ0v) is 39.0. The lowest BCUT2D eigenvalue weighted by Gasteiger charge is -2.32. The minimum atomic E-state index is -0.755. The van der Waals surface area contributed by atoms with Crippen LogP contribution in [0.2, 0.25) is 0 Å². The van der Waals surface area contributed by atoms with Crippen molar-refractivity contribution in [2.75, 3.05) is 4.90 Å². The van der Waals surface area contributed by atoms with Crippen LogP contribution in [0.15, 0.2) is 197 Å². The van der Waals surface area contributed by atoms with Crippen LogP contribution >= 0.6 is 0 Å². The topological polar surface area (TPSA) is 81.1 Å². The first-order chi connectivity index (χ1) is 32.9. The van der Waals surface area contributed by atoms with Gasteiger partial charge in [-0.1, -0.05) is 145 Å². The van der Waals surface area contributed by atoms with Gasteiger partial charge in [-0.2, -0.15) is 0 Å². The first-order valence-corrected chi connectivity index (χ1v) is 23.3. The van der Waals surface area contributed by atoms with Gasteiger partial charge in [0.2, 0.25) is 23.6 Å². The van der Waals surface area contributed by atoms with E-state index in [1.807, 2.05) is 0 Å². The Bertz CT molecular complexity index is 3340. The van der Waals surface area contributed by atoms with Crippen molar-refractivity contribution >= 4 is 17.1 Å². The zero-order chi connectivity index (χ0) is 46.4. The SMILES string of the molecule is CC(C)(C)c1ccc(-c2nnc(-c3ccc4c(c3)C3(c5ccccc5-c5ccc(N(c6ccccc6)c6ccccc6)cc53)c3cc(-c5nnc(-c6ccc(C(C)(C)C)cc6)o5)ccc3-4)o2)cc1. The van der Waals surface area contributed by atoms with Gasteiger partial charge in [0.15, 0.2) is 0 Å². The highest BCUT2D eigenvalue weighted by Gasteiger charge is 2.52. The lowest BCUT2D eigenvalue weighted by molar-refractivity contribution is 0.581. The van der Waals surface area contributed by atoms with Crippen LogP contribution in [0, 0.1) is 0 Å². The molecule has 2 aliphatic carbocycles. The fourth-order valence-electron chi connectivity index (χ4n) is 10.3. The number of nitrogens with zero attached hydrogens (tertiary/aromatic N) is 5. The molecule has 0 saturated carbocycles. The highest BCUT2D eigenvalue weighted by atomic mass is 16.4. The standard InChI is InChI=1S/C61H49N5O2/c1-59(2,3)42-27-21-38(22-28-42)55-62-64-57(67-55)40-25-32-48-49-33-26-41(58-65-63-56(68-58)39-23-29-43(30-24-39)60(4,5)6)36-53(49)61(52(48)35-40)51-20-14-13-19-47(51)50-34-31-46(37-54(50)61)66(44-15-9-7-10-16-44)45-17-11-8-12-18-45/h7-37H,1-6H3. The fraction of sp³-hybridized carbons (Fsp3) is 0.148. The van der Waals surface area contributed by atoms with E-state index in [2.05, 4.69) is 255 Å². The van der Waals surface area contributed by atoms with Gasteiger partial charge in [-0.05, 0) is 151 Å². The highest BCUT2D eigenvalue weighted by Crippen LogP contribution is 2.64. The van der Waals surface area contributed by atoms with Gasteiger partial charge in [-0.15, -0.1) is 20.4 Å². The second-order valence-electron chi connectivity index (χ2n) is 20.0. The molecule has 0 N–H and O–H groups in total. The van der Waals surface area contributed by atoms with Crippen LogP contribution in [0.5, 0.6) is 0 Å². The Kier molecular flexibility index (Phi) is 9.39. The van der Waals surface area contributed by atoms with Crippen molar-refractivity contribution in [2.24, 2.45) is 0 Å². The Hall–Kier alpha value is -8.16. The van der Waals surface area contributed by atoms with E-state index in [-0.39, 0.29) is 10.8 Å². The maximum absolute atomic E-state index is 6.54. The second kappa shape index (κ2) is 15.5. The summed E-state index contributed by atoms with van der Waals surface area (Å²) in [6.45, 7) is 13.3. The van der Waals surface area contributed by atoms with Crippen LogP contribution < -0.4 is 4.90 Å². The molecule has 12 rings (SSSR count). The van der Waals surface area contributed by atoms with Crippen LogP contribution in [0.1, 0.15) is 74.9 Å². The van der Waals surface area contributed by atoms with Crippen molar-refractivity contribution in [1.29, 1.82) is 0 Å². The molecule has 2 aliphatic rings. The van der Waals surface area contributed by atoms with E-state index in [1.165, 1.54) is 33.4 Å². The number of hydrogen-bond acceptors (Lipinski definition) is 7. The Morgan fingerprint density at radius 1 is 0.338 bits per heavy atom. The van der Waals surface area contributed by atoms with Gasteiger partial charge in [0.05, 0.1) is 5.41 Å². The average Bonchev–Trinajstić information content (AvgIpc) is 4.17. The number of fused-ring (bicyclic) bond motifs is 10. The average molecular weight is 884 g/mol. The number of rotatable bonds is 7. The number of benzene rings is 8. The molecule has 0 atom stereocenters. The molecule has 68 heavy (non-hydrogen) atoms. The first-order valence-electron chi connectivity index (χ1n) is 23.3. The number of aromatic nitrogens is 4. The van der Waals surface area contributed by atoms with E-state index in [1.54, 1.807) is 0 Å². The molecule has 7 nitrogen and oxygen atoms in total. The minimum Gasteiger partial charge on any atom is -0.416 e. The summed E-state index contributed by atoms with van der Waals surface area (Å²) in [6, 6.07) is 67.0. The molecule has 8 aromatic carbocycles. The van der Waals surface area contributed by atoms with E-state index < -0.39 is 5.41 Å². The quantitative estimate of drug-likeness (QED) is 0.158. The van der Waals surface area contributed by atoms with Crippen molar-refractivity contribution in [3.63, 3.8) is 0 Å². The summed E-state index contributed by atoms with van der Waals surface area (Å²) in [4.78, 5) is 2.34. The van der Waals surface area contributed by atoms with E-state index in [4.69, 9.17) is 8.83 Å². The van der Waals surface area contributed by atoms with E-state index in [0.29, 0.717) is 23.6 Å². The molecule has 0 radical (unpaired) electrons. The Morgan fingerprint density at radius 2 is 0.706 bits per heavy atom. The van der Waals surface area contributed by atoms with Crippen LogP contribution in [-0.4, -0.2) is 20.4 Å². The normalized spacial score (nSPS) is 13.3. The molecular weight excluding hydrogens is 835 g/mol. The van der Waals surface area contributed by atoms with Crippen molar-refractivity contribution in [3.8, 4) is 68.1 Å². The summed E-state index contributed by atoms with van der Waals surface area (Å²) in [5.74, 6) is 1.89. The molecule has 0 aliphatic heterocycles. The lowest BCUT2D eigenvalue weighted by Crippen LogP contribution is -2.26. The molecule has 0 amide bonds. The van der Waals surface area contributed by atoms with Crippen LogP contribution in [0.25, 0.3) is 68.1 Å². The Balaban J connectivity index is 1.05. The molecule has 2 aromatic heterocycles. The summed E-state index contributed by atoms with van der Waals surface area (Å²) in [6.07, 6.45) is 0. The third kappa shape index (κ3) is 6.63. The highest BCUT2D eigenvalue weighted by molar-refractivity contribution is 5.97. The number of para-hydroxylation sites is 2. The van der Waals surface area contributed by atoms with Gasteiger partial charge in [-0.3, -0.25) is 0 Å². The van der Waals surface area contributed by atoms with Gasteiger partial charge in [0.25, 0.3) is 0 Å². The summed E-state index contributed by atoms with van der Waals surface area (Å²) in [5, 5.41) is 18.5. The lowest BCUT2D eigenvalue weighted by atomic mass is 9.70. The maximum atomic E-state index is 6.54. The molecule has 0 saturated heterocycles. The maximum Gasteiger partial charge on any atom is 0.248 e. The van der Waals surface area contributed by atoms with E-state index in [0.717, 1.165) is 61.6 Å². The third-order valence-electron chi connectivity index (χ3n) is 13.8. The first kappa shape index (κ1) is 41.3. The Morgan fingerprint density at radius 3 is 1.16 bits per heavy atom. The molecular formula is C61H49N5O2. The van der Waals surface area contributed by atoms with Crippen molar-refractivity contribution < 1.29 is 8.83 Å². The van der Waals surface area contributed by atoms with Gasteiger partial charge < -0.3 is 13.7 Å². The fourth-order valence-corrected chi connectivity index (χ4v) is 10.3. The summed E-state index contributed by atoms with van der Waals surface area (Å²) in [5.41, 5.74) is 17.7. The predicted octanol–water partition coefficient (Wildman–Crippen LogP) is 15.5. The van der Waals surface area contributed by atoms with Crippen LogP contribution in [0.4, 0.5) is 17.1 Å². The number of anilines is 3. The minimum absolute atomic E-state index is 0.0318. The molecule has 0 unspecified atom stereocenters. The van der Waals surface area contributed by atoms with Crippen LogP contribution in [-0.2, 0) is 16.2 Å². The van der Waals surface area contributed by atoms with Crippen molar-refractivity contribution in [2.45, 2.75) is 57.8 Å². The molecule has 7 heteroatoms. The van der Waals surface area contributed by atoms with Crippen LogP contribution in [0.3, 0.4) is 0 Å². The smallest absolute Gasteiger partial charge is 0.248 e. The monoisotopic (exact) mass is 883 g/mol. The summed E-state index contributed by atoms with van der Waals surface area (Å²) in [7, 11) is 0.